The molecule has 0 amide bonds. The van der Waals surface area contributed by atoms with Crippen molar-refractivity contribution in [2.75, 3.05) is 18.2 Å². The molecule has 20 heavy (non-hydrogen) atoms. The maximum atomic E-state index is 6.15. The van der Waals surface area contributed by atoms with Crippen LogP contribution in [-0.2, 0) is 6.42 Å². The highest BCUT2D eigenvalue weighted by Crippen LogP contribution is 2.32. The third-order valence-corrected chi connectivity index (χ3v) is 3.36. The van der Waals surface area contributed by atoms with Gasteiger partial charge in [0.15, 0.2) is 0 Å². The molecular formula is C15H15ClN2OS. The van der Waals surface area contributed by atoms with E-state index in [0.29, 0.717) is 33.6 Å². The van der Waals surface area contributed by atoms with Crippen molar-refractivity contribution in [1.82, 2.24) is 0 Å². The maximum absolute atomic E-state index is 6.15. The summed E-state index contributed by atoms with van der Waals surface area (Å²) in [6.07, 6.45) is 0.652. The second-order valence-electron chi connectivity index (χ2n) is 4.28. The SMILES string of the molecule is COc1cc(NC(=S)Cc2ccccc2)c(Cl)cc1N. The molecule has 0 aliphatic carbocycles. The number of methoxy groups -OCH3 is 1. The van der Waals surface area contributed by atoms with Crippen molar-refractivity contribution in [2.45, 2.75) is 6.42 Å². The first-order valence-corrected chi connectivity index (χ1v) is 6.85. The molecular weight excluding hydrogens is 292 g/mol. The van der Waals surface area contributed by atoms with Crippen molar-refractivity contribution in [1.29, 1.82) is 0 Å². The number of anilines is 2. The smallest absolute Gasteiger partial charge is 0.143 e. The maximum Gasteiger partial charge on any atom is 0.143 e. The van der Waals surface area contributed by atoms with E-state index in [9.17, 15) is 0 Å². The minimum Gasteiger partial charge on any atom is -0.495 e. The molecule has 2 aromatic carbocycles. The number of thiocarbonyl (C=S) groups is 1. The zero-order chi connectivity index (χ0) is 14.5. The van der Waals surface area contributed by atoms with Crippen LogP contribution in [0.3, 0.4) is 0 Å². The molecule has 0 atom stereocenters. The average Bonchev–Trinajstić information content (AvgIpc) is 2.43. The van der Waals surface area contributed by atoms with E-state index in [1.165, 1.54) is 0 Å². The molecule has 104 valence electrons. The fourth-order valence-electron chi connectivity index (χ4n) is 1.82. The number of benzene rings is 2. The van der Waals surface area contributed by atoms with Crippen LogP contribution in [0.4, 0.5) is 11.4 Å². The van der Waals surface area contributed by atoms with Gasteiger partial charge in [-0.3, -0.25) is 0 Å². The largest absolute Gasteiger partial charge is 0.495 e. The first kappa shape index (κ1) is 14.6. The summed E-state index contributed by atoms with van der Waals surface area (Å²) in [7, 11) is 1.56. The topological polar surface area (TPSA) is 47.3 Å². The van der Waals surface area contributed by atoms with Crippen molar-refractivity contribution in [2.24, 2.45) is 0 Å². The number of hydrogen-bond donors (Lipinski definition) is 2. The highest BCUT2D eigenvalue weighted by molar-refractivity contribution is 7.80. The lowest BCUT2D eigenvalue weighted by Gasteiger charge is -2.13. The van der Waals surface area contributed by atoms with Crippen molar-refractivity contribution < 1.29 is 4.74 Å². The van der Waals surface area contributed by atoms with Crippen LogP contribution in [0.1, 0.15) is 5.56 Å². The fourth-order valence-corrected chi connectivity index (χ4v) is 2.31. The van der Waals surface area contributed by atoms with E-state index in [-0.39, 0.29) is 0 Å². The molecule has 0 bridgehead atoms. The van der Waals surface area contributed by atoms with Crippen LogP contribution in [0, 0.1) is 0 Å². The average molecular weight is 307 g/mol. The summed E-state index contributed by atoms with van der Waals surface area (Å²) < 4.78 is 5.17. The molecule has 0 spiro atoms. The van der Waals surface area contributed by atoms with Crippen LogP contribution < -0.4 is 15.8 Å². The first-order chi connectivity index (χ1) is 9.60. The van der Waals surface area contributed by atoms with E-state index in [4.69, 9.17) is 34.3 Å². The predicted octanol–water partition coefficient (Wildman–Crippen LogP) is 3.91. The van der Waals surface area contributed by atoms with E-state index in [0.717, 1.165) is 5.56 Å². The molecule has 0 saturated heterocycles. The van der Waals surface area contributed by atoms with Gasteiger partial charge in [-0.1, -0.05) is 54.2 Å². The van der Waals surface area contributed by atoms with Crippen LogP contribution in [0.25, 0.3) is 0 Å². The standard InChI is InChI=1S/C15H15ClN2OS/c1-19-14-9-13(11(16)8-12(14)17)18-15(20)7-10-5-3-2-4-6-10/h2-6,8-9H,7,17H2,1H3,(H,18,20). The van der Waals surface area contributed by atoms with E-state index in [1.54, 1.807) is 19.2 Å². The number of ether oxygens (including phenoxy) is 1. The summed E-state index contributed by atoms with van der Waals surface area (Å²) >= 11 is 11.5. The Morgan fingerprint density at radius 1 is 1.30 bits per heavy atom. The molecule has 0 unspecified atom stereocenters. The first-order valence-electron chi connectivity index (χ1n) is 6.07. The van der Waals surface area contributed by atoms with E-state index >= 15 is 0 Å². The predicted molar refractivity (Wildman–Crippen MR) is 88.8 cm³/mol. The summed E-state index contributed by atoms with van der Waals surface area (Å²) in [5, 5.41) is 3.64. The third-order valence-electron chi connectivity index (χ3n) is 2.80. The molecule has 0 aliphatic heterocycles. The zero-order valence-electron chi connectivity index (χ0n) is 11.0. The second kappa shape index (κ2) is 6.59. The fraction of sp³-hybridized carbons (Fsp3) is 0.133. The Kier molecular flexibility index (Phi) is 4.82. The van der Waals surface area contributed by atoms with E-state index in [1.807, 2.05) is 30.3 Å². The van der Waals surface area contributed by atoms with Gasteiger partial charge in [-0.25, -0.2) is 0 Å². The summed E-state index contributed by atoms with van der Waals surface area (Å²) in [6, 6.07) is 13.4. The lowest BCUT2D eigenvalue weighted by molar-refractivity contribution is 0.417. The molecule has 0 saturated carbocycles. The van der Waals surface area contributed by atoms with Crippen LogP contribution >= 0.6 is 23.8 Å². The molecule has 0 fully saturated rings. The Hall–Kier alpha value is -1.78. The summed E-state index contributed by atoms with van der Waals surface area (Å²) in [6.45, 7) is 0. The van der Waals surface area contributed by atoms with Crippen LogP contribution in [0.5, 0.6) is 5.75 Å². The molecule has 0 radical (unpaired) electrons. The molecule has 0 heterocycles. The quantitative estimate of drug-likeness (QED) is 0.664. The van der Waals surface area contributed by atoms with Crippen LogP contribution in [-0.4, -0.2) is 12.1 Å². The number of nitrogen functional groups attached to an aromatic ring is 1. The monoisotopic (exact) mass is 306 g/mol. The Morgan fingerprint density at radius 3 is 2.65 bits per heavy atom. The zero-order valence-corrected chi connectivity index (χ0v) is 12.6. The lowest BCUT2D eigenvalue weighted by atomic mass is 10.1. The molecule has 5 heteroatoms. The van der Waals surface area contributed by atoms with E-state index in [2.05, 4.69) is 5.32 Å². The van der Waals surface area contributed by atoms with Gasteiger partial charge in [0.05, 0.1) is 28.5 Å². The minimum atomic E-state index is 0.497. The Labute approximate surface area is 128 Å². The van der Waals surface area contributed by atoms with Gasteiger partial charge in [0.25, 0.3) is 0 Å². The number of nitrogens with one attached hydrogen (secondary N) is 1. The third kappa shape index (κ3) is 3.62. The van der Waals surface area contributed by atoms with Gasteiger partial charge in [-0.05, 0) is 11.6 Å². The Morgan fingerprint density at radius 2 is 2.00 bits per heavy atom. The van der Waals surface area contributed by atoms with Gasteiger partial charge in [-0.15, -0.1) is 0 Å². The minimum absolute atomic E-state index is 0.497. The Balaban J connectivity index is 2.12. The highest BCUT2D eigenvalue weighted by Gasteiger charge is 2.08. The van der Waals surface area contributed by atoms with Gasteiger partial charge in [0.2, 0.25) is 0 Å². The second-order valence-corrected chi connectivity index (χ2v) is 5.18. The summed E-state index contributed by atoms with van der Waals surface area (Å²) in [5.41, 5.74) is 8.12. The van der Waals surface area contributed by atoms with Crippen molar-refractivity contribution in [3.8, 4) is 5.75 Å². The Bertz CT molecular complexity index is 617. The van der Waals surface area contributed by atoms with Crippen molar-refractivity contribution >= 4 is 40.2 Å². The molecule has 0 aromatic heterocycles. The van der Waals surface area contributed by atoms with Gasteiger partial charge in [0.1, 0.15) is 5.75 Å². The molecule has 2 aromatic rings. The number of halogens is 1. The summed E-state index contributed by atoms with van der Waals surface area (Å²) in [4.78, 5) is 0.685. The number of hydrogen-bond acceptors (Lipinski definition) is 3. The van der Waals surface area contributed by atoms with Crippen molar-refractivity contribution in [3.63, 3.8) is 0 Å². The van der Waals surface area contributed by atoms with E-state index < -0.39 is 0 Å². The molecule has 3 N–H and O–H groups in total. The van der Waals surface area contributed by atoms with Gasteiger partial charge in [-0.2, -0.15) is 0 Å². The molecule has 0 aliphatic rings. The van der Waals surface area contributed by atoms with Gasteiger partial charge in [0, 0.05) is 12.5 Å². The van der Waals surface area contributed by atoms with Crippen molar-refractivity contribution in [3.05, 3.63) is 53.1 Å². The number of nitrogens with two attached hydrogens (primary N) is 1. The number of rotatable bonds is 4. The van der Waals surface area contributed by atoms with Gasteiger partial charge < -0.3 is 15.8 Å². The highest BCUT2D eigenvalue weighted by atomic mass is 35.5. The van der Waals surface area contributed by atoms with Crippen LogP contribution in [0.15, 0.2) is 42.5 Å². The van der Waals surface area contributed by atoms with Crippen LogP contribution in [0.2, 0.25) is 5.02 Å². The summed E-state index contributed by atoms with van der Waals surface area (Å²) in [5.74, 6) is 0.569. The molecule has 2 rings (SSSR count). The van der Waals surface area contributed by atoms with Gasteiger partial charge >= 0.3 is 0 Å². The normalized spacial score (nSPS) is 10.1. The lowest BCUT2D eigenvalue weighted by Crippen LogP contribution is -2.12. The molecule has 3 nitrogen and oxygen atoms in total.